The third-order valence-electron chi connectivity index (χ3n) is 2.55. The first-order valence-electron chi connectivity index (χ1n) is 5.24. The zero-order valence-corrected chi connectivity index (χ0v) is 9.64. The van der Waals surface area contributed by atoms with Crippen molar-refractivity contribution in [1.82, 2.24) is 0 Å². The zero-order chi connectivity index (χ0) is 12.3. The van der Waals surface area contributed by atoms with Crippen molar-refractivity contribution >= 4 is 23.2 Å². The summed E-state index contributed by atoms with van der Waals surface area (Å²) >= 11 is 0. The molecule has 3 N–H and O–H groups in total. The number of anilines is 1. The lowest BCUT2D eigenvalue weighted by Crippen LogP contribution is -2.16. The highest BCUT2D eigenvalue weighted by Gasteiger charge is 2.18. The van der Waals surface area contributed by atoms with Gasteiger partial charge in [-0.3, -0.25) is 10.4 Å². The van der Waals surface area contributed by atoms with Crippen LogP contribution in [0.5, 0.6) is 0 Å². The molecule has 0 fully saturated rings. The van der Waals surface area contributed by atoms with E-state index in [9.17, 15) is 0 Å². The molecule has 2 rings (SSSR count). The van der Waals surface area contributed by atoms with E-state index in [1.807, 2.05) is 24.3 Å². The van der Waals surface area contributed by atoms with Crippen molar-refractivity contribution in [3.63, 3.8) is 0 Å². The summed E-state index contributed by atoms with van der Waals surface area (Å²) in [5.41, 5.74) is 12.8. The number of fused-ring (bicyclic) bond motifs is 1. The highest BCUT2D eigenvalue weighted by Crippen LogP contribution is 2.29. The van der Waals surface area contributed by atoms with Crippen molar-refractivity contribution in [3.8, 4) is 0 Å². The van der Waals surface area contributed by atoms with Crippen molar-refractivity contribution in [2.24, 2.45) is 15.8 Å². The number of rotatable bonds is 2. The molecule has 0 saturated heterocycles. The summed E-state index contributed by atoms with van der Waals surface area (Å²) in [6, 6.07) is 7.87. The summed E-state index contributed by atoms with van der Waals surface area (Å²) in [5, 5.41) is 4.27. The molecule has 0 unspecified atom stereocenters. The quantitative estimate of drug-likeness (QED) is 0.758. The Bertz CT molecular complexity index is 538. The molecule has 0 aliphatic carbocycles. The number of nitrogens with two attached hydrogens (primary N) is 1. The number of aliphatic imine (C=N–C) groups is 1. The molecule has 0 atom stereocenters. The van der Waals surface area contributed by atoms with Crippen molar-refractivity contribution in [1.29, 1.82) is 0 Å². The van der Waals surface area contributed by atoms with Gasteiger partial charge in [-0.15, -0.1) is 0 Å². The SMILES string of the molecule is C=C1C(C(C=NC)=CN)=NNc2ccccc21. The highest BCUT2D eigenvalue weighted by atomic mass is 15.3. The smallest absolute Gasteiger partial charge is 0.101 e. The molecule has 0 spiro atoms. The maximum absolute atomic E-state index is 5.57. The molecule has 1 aliphatic rings. The molecule has 86 valence electrons. The predicted octanol–water partition coefficient (Wildman–Crippen LogP) is 2.02. The third-order valence-corrected chi connectivity index (χ3v) is 2.55. The second-order valence-corrected chi connectivity index (χ2v) is 3.61. The van der Waals surface area contributed by atoms with E-state index in [0.717, 1.165) is 28.1 Å². The monoisotopic (exact) mass is 226 g/mol. The van der Waals surface area contributed by atoms with Crippen LogP contribution in [0.25, 0.3) is 5.57 Å². The van der Waals surface area contributed by atoms with Crippen LogP contribution in [-0.2, 0) is 0 Å². The van der Waals surface area contributed by atoms with E-state index in [4.69, 9.17) is 5.73 Å². The molecule has 4 heteroatoms. The van der Waals surface area contributed by atoms with Crippen LogP contribution in [0.2, 0.25) is 0 Å². The Kier molecular flexibility index (Phi) is 3.05. The third kappa shape index (κ3) is 1.97. The second-order valence-electron chi connectivity index (χ2n) is 3.61. The number of allylic oxidation sites excluding steroid dienone is 2. The van der Waals surface area contributed by atoms with Gasteiger partial charge in [-0.25, -0.2) is 0 Å². The normalized spacial score (nSPS) is 15.5. The van der Waals surface area contributed by atoms with E-state index in [0.29, 0.717) is 0 Å². The Hall–Kier alpha value is -2.36. The van der Waals surface area contributed by atoms with E-state index in [1.54, 1.807) is 13.3 Å². The Morgan fingerprint density at radius 3 is 2.94 bits per heavy atom. The van der Waals surface area contributed by atoms with Crippen LogP contribution in [0.4, 0.5) is 5.69 Å². The molecule has 17 heavy (non-hydrogen) atoms. The summed E-state index contributed by atoms with van der Waals surface area (Å²) < 4.78 is 0. The molecule has 1 aromatic carbocycles. The fourth-order valence-electron chi connectivity index (χ4n) is 1.72. The van der Waals surface area contributed by atoms with Crippen molar-refractivity contribution < 1.29 is 0 Å². The van der Waals surface area contributed by atoms with Crippen LogP contribution in [0.1, 0.15) is 5.56 Å². The summed E-state index contributed by atoms with van der Waals surface area (Å²) in [7, 11) is 1.69. The number of benzene rings is 1. The predicted molar refractivity (Wildman–Crippen MR) is 73.2 cm³/mol. The largest absolute Gasteiger partial charge is 0.404 e. The molecular formula is C13H14N4. The first kappa shape index (κ1) is 11.1. The maximum Gasteiger partial charge on any atom is 0.101 e. The van der Waals surface area contributed by atoms with Crippen LogP contribution in [0.15, 0.2) is 52.7 Å². The van der Waals surface area contributed by atoms with Crippen LogP contribution in [-0.4, -0.2) is 19.0 Å². The summed E-state index contributed by atoms with van der Waals surface area (Å²) in [6.45, 7) is 4.06. The van der Waals surface area contributed by atoms with Gasteiger partial charge in [0, 0.05) is 36.2 Å². The van der Waals surface area contributed by atoms with Gasteiger partial charge in [0.15, 0.2) is 0 Å². The molecule has 0 aromatic heterocycles. The van der Waals surface area contributed by atoms with Gasteiger partial charge in [0.25, 0.3) is 0 Å². The fraction of sp³-hybridized carbons (Fsp3) is 0.0769. The molecular weight excluding hydrogens is 212 g/mol. The molecule has 0 radical (unpaired) electrons. The topological polar surface area (TPSA) is 62.8 Å². The number of nitrogens with zero attached hydrogens (tertiary/aromatic N) is 2. The summed E-state index contributed by atoms with van der Waals surface area (Å²) in [5.74, 6) is 0. The van der Waals surface area contributed by atoms with Gasteiger partial charge in [0.1, 0.15) is 5.71 Å². The van der Waals surface area contributed by atoms with Gasteiger partial charge < -0.3 is 5.73 Å². The van der Waals surface area contributed by atoms with Gasteiger partial charge in [0.2, 0.25) is 0 Å². The fourth-order valence-corrected chi connectivity index (χ4v) is 1.72. The van der Waals surface area contributed by atoms with E-state index in [1.165, 1.54) is 6.20 Å². The lowest BCUT2D eigenvalue weighted by molar-refractivity contribution is 1.30. The molecule has 1 aliphatic heterocycles. The van der Waals surface area contributed by atoms with Gasteiger partial charge in [-0.1, -0.05) is 24.8 Å². The molecule has 0 amide bonds. The Labute approximate surface area is 100 Å². The van der Waals surface area contributed by atoms with E-state index >= 15 is 0 Å². The molecule has 4 nitrogen and oxygen atoms in total. The Balaban J connectivity index is 2.42. The minimum Gasteiger partial charge on any atom is -0.404 e. The molecule has 1 aromatic rings. The lowest BCUT2D eigenvalue weighted by Gasteiger charge is -2.19. The second kappa shape index (κ2) is 4.65. The number of hydrogen-bond donors (Lipinski definition) is 2. The van der Waals surface area contributed by atoms with Crippen molar-refractivity contribution in [2.75, 3.05) is 12.5 Å². The van der Waals surface area contributed by atoms with Crippen LogP contribution in [0, 0.1) is 0 Å². The first-order valence-corrected chi connectivity index (χ1v) is 5.24. The van der Waals surface area contributed by atoms with Gasteiger partial charge in [-0.05, 0) is 6.07 Å². The summed E-state index contributed by atoms with van der Waals surface area (Å²) in [4.78, 5) is 3.95. The average Bonchev–Trinajstić information content (AvgIpc) is 2.37. The highest BCUT2D eigenvalue weighted by molar-refractivity contribution is 6.39. The number of hydrazone groups is 1. The summed E-state index contributed by atoms with van der Waals surface area (Å²) in [6.07, 6.45) is 3.15. The van der Waals surface area contributed by atoms with Gasteiger partial charge in [-0.2, -0.15) is 5.10 Å². The first-order chi connectivity index (χ1) is 8.27. The Morgan fingerprint density at radius 1 is 1.47 bits per heavy atom. The van der Waals surface area contributed by atoms with Gasteiger partial charge >= 0.3 is 0 Å². The van der Waals surface area contributed by atoms with Crippen LogP contribution in [0.3, 0.4) is 0 Å². The van der Waals surface area contributed by atoms with Crippen molar-refractivity contribution in [2.45, 2.75) is 0 Å². The number of para-hydroxylation sites is 1. The zero-order valence-electron chi connectivity index (χ0n) is 9.64. The minimum absolute atomic E-state index is 0.719. The lowest BCUT2D eigenvalue weighted by atomic mass is 9.96. The molecule has 0 saturated carbocycles. The minimum atomic E-state index is 0.719. The number of hydrogen-bond acceptors (Lipinski definition) is 4. The average molecular weight is 226 g/mol. The van der Waals surface area contributed by atoms with Crippen LogP contribution >= 0.6 is 0 Å². The van der Waals surface area contributed by atoms with E-state index in [2.05, 4.69) is 22.1 Å². The number of nitrogens with one attached hydrogen (secondary N) is 1. The molecule has 0 bridgehead atoms. The maximum atomic E-state index is 5.57. The Morgan fingerprint density at radius 2 is 2.24 bits per heavy atom. The van der Waals surface area contributed by atoms with E-state index < -0.39 is 0 Å². The molecule has 1 heterocycles. The van der Waals surface area contributed by atoms with Crippen LogP contribution < -0.4 is 11.2 Å². The van der Waals surface area contributed by atoms with Gasteiger partial charge in [0.05, 0.1) is 5.69 Å². The van der Waals surface area contributed by atoms with E-state index in [-0.39, 0.29) is 0 Å². The standard InChI is InChI=1S/C13H14N4/c1-9-11-5-3-4-6-12(11)16-17-13(9)10(7-14)8-15-2/h3-8,16H,1,14H2,2H3. The van der Waals surface area contributed by atoms with Crippen molar-refractivity contribution in [3.05, 3.63) is 48.2 Å².